The van der Waals surface area contributed by atoms with Crippen molar-refractivity contribution in [3.63, 3.8) is 0 Å². The fourth-order valence-corrected chi connectivity index (χ4v) is 0.880. The van der Waals surface area contributed by atoms with Crippen LogP contribution in [0.1, 0.15) is 34.1 Å². The summed E-state index contributed by atoms with van der Waals surface area (Å²) in [6.45, 7) is 7.84. The molecule has 0 aromatic rings. The third-order valence-corrected chi connectivity index (χ3v) is 1.53. The summed E-state index contributed by atoms with van der Waals surface area (Å²) in [5.41, 5.74) is 7.59. The van der Waals surface area contributed by atoms with Crippen LogP contribution in [0.2, 0.25) is 0 Å². The highest BCUT2D eigenvalue weighted by Crippen LogP contribution is 2.04. The van der Waals surface area contributed by atoms with Crippen molar-refractivity contribution in [1.82, 2.24) is 0 Å². The fourth-order valence-electron chi connectivity index (χ4n) is 0.880. The smallest absolute Gasteiger partial charge is 0.149 e. The Hall–Kier alpha value is -1.38. The van der Waals surface area contributed by atoms with E-state index in [1.54, 1.807) is 12.4 Å². The van der Waals surface area contributed by atoms with Crippen molar-refractivity contribution < 1.29 is 0 Å². The van der Waals surface area contributed by atoms with Crippen molar-refractivity contribution in [1.29, 1.82) is 0 Å². The van der Waals surface area contributed by atoms with Gasteiger partial charge in [-0.25, -0.2) is 4.99 Å². The summed E-state index contributed by atoms with van der Waals surface area (Å²) in [5.74, 6) is 0.466. The summed E-state index contributed by atoms with van der Waals surface area (Å²) in [6.07, 6.45) is 6.33. The van der Waals surface area contributed by atoms with Crippen molar-refractivity contribution in [3.05, 3.63) is 23.5 Å². The first kappa shape index (κ1) is 12.6. The van der Waals surface area contributed by atoms with Crippen molar-refractivity contribution in [2.45, 2.75) is 34.1 Å². The summed E-state index contributed by atoms with van der Waals surface area (Å²) in [7, 11) is 0. The molecule has 0 radical (unpaired) electrons. The summed E-state index contributed by atoms with van der Waals surface area (Å²) in [5, 5.41) is 0. The largest absolute Gasteiger partial charge is 0.382 e. The first-order chi connectivity index (χ1) is 6.63. The average Bonchev–Trinajstić information content (AvgIpc) is 2.13. The molecule has 0 aromatic heterocycles. The van der Waals surface area contributed by atoms with Crippen LogP contribution in [0.15, 0.2) is 33.5 Å². The van der Waals surface area contributed by atoms with E-state index in [-0.39, 0.29) is 0 Å². The molecule has 0 spiro atoms. The standard InChI is InChI=1S/C11H19N3/c1-5-7-8-14-11(12)10(9(3)4)13-6-2/h6-8H,5H2,1-4H3,(H2,12,14)/b8-7-,13-6?. The van der Waals surface area contributed by atoms with E-state index in [1.807, 2.05) is 33.8 Å². The predicted octanol–water partition coefficient (Wildman–Crippen LogP) is 2.65. The highest BCUT2D eigenvalue weighted by Gasteiger charge is 2.00. The fraction of sp³-hybridized carbons (Fsp3) is 0.455. The van der Waals surface area contributed by atoms with E-state index in [9.17, 15) is 0 Å². The number of hydrogen-bond donors (Lipinski definition) is 1. The Balaban J connectivity index is 4.79. The number of hydrogen-bond acceptors (Lipinski definition) is 2. The number of amidine groups is 1. The summed E-state index contributed by atoms with van der Waals surface area (Å²) in [6, 6.07) is 0. The van der Waals surface area contributed by atoms with Crippen LogP contribution >= 0.6 is 0 Å². The number of aliphatic imine (C=N–C) groups is 2. The van der Waals surface area contributed by atoms with Crippen molar-refractivity contribution in [3.8, 4) is 0 Å². The van der Waals surface area contributed by atoms with Crippen LogP contribution in [-0.2, 0) is 0 Å². The maximum absolute atomic E-state index is 5.77. The molecular weight excluding hydrogens is 174 g/mol. The van der Waals surface area contributed by atoms with Gasteiger partial charge in [-0.1, -0.05) is 13.0 Å². The zero-order valence-corrected chi connectivity index (χ0v) is 9.41. The van der Waals surface area contributed by atoms with Crippen LogP contribution in [-0.4, -0.2) is 12.1 Å². The molecule has 0 unspecified atom stereocenters. The molecule has 0 atom stereocenters. The number of allylic oxidation sites excluding steroid dienone is 2. The second-order valence-corrected chi connectivity index (χ2v) is 3.04. The van der Waals surface area contributed by atoms with Crippen molar-refractivity contribution in [2.75, 3.05) is 0 Å². The Bertz CT molecular complexity index is 279. The molecule has 2 N–H and O–H groups in total. The Morgan fingerprint density at radius 1 is 1.36 bits per heavy atom. The summed E-state index contributed by atoms with van der Waals surface area (Å²) >= 11 is 0. The van der Waals surface area contributed by atoms with Gasteiger partial charge < -0.3 is 5.73 Å². The van der Waals surface area contributed by atoms with E-state index in [0.717, 1.165) is 17.7 Å². The van der Waals surface area contributed by atoms with Gasteiger partial charge in [0, 0.05) is 12.4 Å². The molecule has 3 heteroatoms. The van der Waals surface area contributed by atoms with Crippen LogP contribution < -0.4 is 5.73 Å². The second-order valence-electron chi connectivity index (χ2n) is 3.04. The van der Waals surface area contributed by atoms with Crippen LogP contribution in [0.5, 0.6) is 0 Å². The van der Waals surface area contributed by atoms with E-state index in [4.69, 9.17) is 5.73 Å². The molecule has 0 aromatic carbocycles. The third kappa shape index (κ3) is 4.60. The molecule has 3 nitrogen and oxygen atoms in total. The first-order valence-electron chi connectivity index (χ1n) is 4.78. The predicted molar refractivity (Wildman–Crippen MR) is 63.6 cm³/mol. The molecular formula is C11H19N3. The van der Waals surface area contributed by atoms with Gasteiger partial charge in [0.25, 0.3) is 0 Å². The van der Waals surface area contributed by atoms with Gasteiger partial charge in [0.05, 0.1) is 0 Å². The lowest BCUT2D eigenvalue weighted by Gasteiger charge is -2.01. The molecule has 0 heterocycles. The van der Waals surface area contributed by atoms with Gasteiger partial charge in [0.2, 0.25) is 0 Å². The van der Waals surface area contributed by atoms with Crippen molar-refractivity contribution in [2.24, 2.45) is 15.7 Å². The molecule has 0 saturated heterocycles. The topological polar surface area (TPSA) is 50.7 Å². The highest BCUT2D eigenvalue weighted by atomic mass is 14.9. The van der Waals surface area contributed by atoms with E-state index in [1.165, 1.54) is 0 Å². The lowest BCUT2D eigenvalue weighted by Crippen LogP contribution is -2.14. The number of nitrogens with two attached hydrogens (primary N) is 1. The van der Waals surface area contributed by atoms with Gasteiger partial charge >= 0.3 is 0 Å². The number of rotatable bonds is 4. The Kier molecular flexibility index (Phi) is 6.37. The Labute approximate surface area is 86.1 Å². The Morgan fingerprint density at radius 3 is 2.43 bits per heavy atom. The maximum atomic E-state index is 5.77. The van der Waals surface area contributed by atoms with Gasteiger partial charge in [0.15, 0.2) is 0 Å². The quantitative estimate of drug-likeness (QED) is 0.541. The minimum absolute atomic E-state index is 0.466. The molecule has 78 valence electrons. The minimum Gasteiger partial charge on any atom is -0.382 e. The summed E-state index contributed by atoms with van der Waals surface area (Å²) in [4.78, 5) is 8.26. The van der Waals surface area contributed by atoms with Crippen LogP contribution in [0, 0.1) is 0 Å². The van der Waals surface area contributed by atoms with E-state index >= 15 is 0 Å². The highest BCUT2D eigenvalue weighted by molar-refractivity contribution is 5.98. The molecule has 0 saturated carbocycles. The molecule has 0 aliphatic heterocycles. The van der Waals surface area contributed by atoms with E-state index < -0.39 is 0 Å². The SMILES string of the molecule is CC=NC(C(N)=N/C=C\CC)=C(C)C. The molecule has 0 fully saturated rings. The number of nitrogens with zero attached hydrogens (tertiary/aromatic N) is 2. The first-order valence-corrected chi connectivity index (χ1v) is 4.78. The molecule has 0 amide bonds. The van der Waals surface area contributed by atoms with Gasteiger partial charge in [-0.2, -0.15) is 0 Å². The van der Waals surface area contributed by atoms with Gasteiger partial charge in [-0.05, 0) is 32.8 Å². The van der Waals surface area contributed by atoms with Crippen LogP contribution in [0.25, 0.3) is 0 Å². The second kappa shape index (κ2) is 7.06. The third-order valence-electron chi connectivity index (χ3n) is 1.53. The Morgan fingerprint density at radius 2 is 2.00 bits per heavy atom. The van der Waals surface area contributed by atoms with E-state index in [2.05, 4.69) is 9.98 Å². The minimum atomic E-state index is 0.466. The average molecular weight is 193 g/mol. The lowest BCUT2D eigenvalue weighted by atomic mass is 10.2. The molecule has 0 bridgehead atoms. The van der Waals surface area contributed by atoms with Gasteiger partial charge in [-0.3, -0.25) is 4.99 Å². The van der Waals surface area contributed by atoms with Crippen LogP contribution in [0.3, 0.4) is 0 Å². The van der Waals surface area contributed by atoms with Crippen molar-refractivity contribution >= 4 is 12.1 Å². The normalized spacial score (nSPS) is 12.7. The monoisotopic (exact) mass is 193 g/mol. The van der Waals surface area contributed by atoms with Gasteiger partial charge in [-0.15, -0.1) is 0 Å². The maximum Gasteiger partial charge on any atom is 0.149 e. The molecule has 0 aliphatic carbocycles. The zero-order valence-electron chi connectivity index (χ0n) is 9.41. The van der Waals surface area contributed by atoms with Gasteiger partial charge in [0.1, 0.15) is 11.5 Å². The zero-order chi connectivity index (χ0) is 11.0. The molecule has 14 heavy (non-hydrogen) atoms. The molecule has 0 aliphatic rings. The summed E-state index contributed by atoms with van der Waals surface area (Å²) < 4.78 is 0. The van der Waals surface area contributed by atoms with E-state index in [0.29, 0.717) is 5.84 Å². The van der Waals surface area contributed by atoms with Crippen LogP contribution in [0.4, 0.5) is 0 Å². The molecule has 0 rings (SSSR count). The lowest BCUT2D eigenvalue weighted by molar-refractivity contribution is 1.20.